The smallest absolute Gasteiger partial charge is 0.241 e. The van der Waals surface area contributed by atoms with E-state index < -0.39 is 10.8 Å². The third-order valence-electron chi connectivity index (χ3n) is 2.15. The lowest BCUT2D eigenvalue weighted by Gasteiger charge is -2.14. The zero-order valence-electron chi connectivity index (χ0n) is 9.90. The van der Waals surface area contributed by atoms with E-state index in [2.05, 4.69) is 6.58 Å². The van der Waals surface area contributed by atoms with Gasteiger partial charge in [0, 0.05) is 30.0 Å². The second-order valence-electron chi connectivity index (χ2n) is 3.40. The van der Waals surface area contributed by atoms with Crippen LogP contribution in [0.3, 0.4) is 0 Å². The van der Waals surface area contributed by atoms with Crippen LogP contribution in [0.15, 0.2) is 12.7 Å². The van der Waals surface area contributed by atoms with E-state index in [0.29, 0.717) is 18.6 Å². The van der Waals surface area contributed by atoms with E-state index in [4.69, 9.17) is 0 Å². The molecular weight excluding hydrogens is 226 g/mol. The zero-order chi connectivity index (χ0) is 12.6. The van der Waals surface area contributed by atoms with E-state index in [0.717, 1.165) is 11.3 Å². The molecule has 0 saturated heterocycles. The number of hydrogen-bond acceptors (Lipinski definition) is 3. The van der Waals surface area contributed by atoms with Gasteiger partial charge < -0.3 is 0 Å². The first kappa shape index (κ1) is 15.0. The topological polar surface area (TPSA) is 54.5 Å². The molecule has 1 unspecified atom stereocenters. The number of amides is 2. The monoisotopic (exact) mass is 245 g/mol. The van der Waals surface area contributed by atoms with Crippen LogP contribution in [0.4, 0.5) is 0 Å². The average molecular weight is 245 g/mol. The molecule has 0 aromatic carbocycles. The van der Waals surface area contributed by atoms with Gasteiger partial charge in [-0.2, -0.15) is 0 Å². The minimum Gasteiger partial charge on any atom is -0.285 e. The highest BCUT2D eigenvalue weighted by Gasteiger charge is 2.17. The summed E-state index contributed by atoms with van der Waals surface area (Å²) in [6.07, 6.45) is 3.51. The van der Waals surface area contributed by atoms with Crippen LogP contribution >= 0.6 is 0 Å². The maximum Gasteiger partial charge on any atom is 0.241 e. The van der Waals surface area contributed by atoms with Crippen molar-refractivity contribution in [1.82, 2.24) is 4.90 Å². The summed E-state index contributed by atoms with van der Waals surface area (Å²) in [4.78, 5) is 24.0. The Morgan fingerprint density at radius 2 is 2.00 bits per heavy atom. The molecule has 0 aliphatic heterocycles. The molecular formula is C11H19NO3S. The van der Waals surface area contributed by atoms with Crippen molar-refractivity contribution in [3.05, 3.63) is 12.7 Å². The van der Waals surface area contributed by atoms with Crippen molar-refractivity contribution in [2.75, 3.05) is 18.6 Å². The molecule has 0 N–H and O–H groups in total. The lowest BCUT2D eigenvalue weighted by Crippen LogP contribution is -2.36. The molecule has 0 rings (SSSR count). The SMILES string of the molecule is C=CCCCC(=O)N(C)C(=O)CS(=O)CC. The van der Waals surface area contributed by atoms with Gasteiger partial charge in [-0.3, -0.25) is 18.7 Å². The highest BCUT2D eigenvalue weighted by Crippen LogP contribution is 2.01. The highest BCUT2D eigenvalue weighted by atomic mass is 32.2. The Bertz CT molecular complexity index is 289. The number of nitrogens with zero attached hydrogens (tertiary/aromatic N) is 1. The van der Waals surface area contributed by atoms with E-state index in [1.807, 2.05) is 0 Å². The van der Waals surface area contributed by atoms with Crippen molar-refractivity contribution in [2.24, 2.45) is 0 Å². The van der Waals surface area contributed by atoms with Gasteiger partial charge in [0.05, 0.1) is 0 Å². The van der Waals surface area contributed by atoms with E-state index in [-0.39, 0.29) is 17.6 Å². The summed E-state index contributed by atoms with van der Waals surface area (Å²) in [5.41, 5.74) is 0. The van der Waals surface area contributed by atoms with Crippen LogP contribution in [0.1, 0.15) is 26.2 Å². The number of hydrogen-bond donors (Lipinski definition) is 0. The fourth-order valence-corrected chi connectivity index (χ4v) is 1.71. The first-order chi connectivity index (χ1) is 7.52. The highest BCUT2D eigenvalue weighted by molar-refractivity contribution is 7.85. The fourth-order valence-electron chi connectivity index (χ4n) is 1.04. The van der Waals surface area contributed by atoms with Crippen molar-refractivity contribution in [1.29, 1.82) is 0 Å². The molecule has 0 fully saturated rings. The summed E-state index contributed by atoms with van der Waals surface area (Å²) in [7, 11) is 0.275. The molecule has 5 heteroatoms. The molecule has 0 saturated carbocycles. The van der Waals surface area contributed by atoms with Crippen molar-refractivity contribution < 1.29 is 13.8 Å². The lowest BCUT2D eigenvalue weighted by molar-refractivity contribution is -0.141. The number of allylic oxidation sites excluding steroid dienone is 1. The van der Waals surface area contributed by atoms with Crippen LogP contribution in [0, 0.1) is 0 Å². The Morgan fingerprint density at radius 3 is 2.50 bits per heavy atom. The minimum absolute atomic E-state index is 0.0692. The Balaban J connectivity index is 4.06. The summed E-state index contributed by atoms with van der Waals surface area (Å²) in [6.45, 7) is 5.30. The normalized spacial score (nSPS) is 11.9. The Kier molecular flexibility index (Phi) is 7.72. The fraction of sp³-hybridized carbons (Fsp3) is 0.636. The predicted octanol–water partition coefficient (Wildman–Crippen LogP) is 1.10. The van der Waals surface area contributed by atoms with Gasteiger partial charge in [0.15, 0.2) is 0 Å². The van der Waals surface area contributed by atoms with Gasteiger partial charge in [0.25, 0.3) is 0 Å². The standard InChI is InChI=1S/C11H19NO3S/c1-4-6-7-8-10(13)12(3)11(14)9-16(15)5-2/h4H,1,5-9H2,2-3H3. The average Bonchev–Trinajstić information content (AvgIpc) is 2.27. The summed E-state index contributed by atoms with van der Waals surface area (Å²) in [5, 5.41) is 0. The summed E-state index contributed by atoms with van der Waals surface area (Å²) in [6, 6.07) is 0. The minimum atomic E-state index is -1.16. The van der Waals surface area contributed by atoms with Gasteiger partial charge in [0.2, 0.25) is 11.8 Å². The second-order valence-corrected chi connectivity index (χ2v) is 5.15. The maximum absolute atomic E-state index is 11.5. The van der Waals surface area contributed by atoms with Crippen LogP contribution in [-0.4, -0.2) is 39.5 Å². The molecule has 4 nitrogen and oxygen atoms in total. The number of rotatable bonds is 7. The van der Waals surface area contributed by atoms with Crippen LogP contribution in [0.5, 0.6) is 0 Å². The van der Waals surface area contributed by atoms with Gasteiger partial charge in [-0.25, -0.2) is 0 Å². The molecule has 0 bridgehead atoms. The maximum atomic E-state index is 11.5. The van der Waals surface area contributed by atoms with E-state index in [1.165, 1.54) is 7.05 Å². The molecule has 0 aromatic rings. The van der Waals surface area contributed by atoms with Crippen LogP contribution in [0.2, 0.25) is 0 Å². The molecule has 0 spiro atoms. The molecule has 0 aromatic heterocycles. The van der Waals surface area contributed by atoms with Gasteiger partial charge in [0.1, 0.15) is 5.75 Å². The summed E-state index contributed by atoms with van der Waals surface area (Å²) >= 11 is 0. The second kappa shape index (κ2) is 8.21. The molecule has 16 heavy (non-hydrogen) atoms. The quantitative estimate of drug-likeness (QED) is 0.498. The predicted molar refractivity (Wildman–Crippen MR) is 65.4 cm³/mol. The van der Waals surface area contributed by atoms with Gasteiger partial charge in [-0.1, -0.05) is 13.0 Å². The third kappa shape index (κ3) is 5.80. The summed E-state index contributed by atoms with van der Waals surface area (Å²) < 4.78 is 11.1. The Labute approximate surface area is 99.2 Å². The lowest BCUT2D eigenvalue weighted by atomic mass is 10.2. The van der Waals surface area contributed by atoms with Crippen LogP contribution in [0.25, 0.3) is 0 Å². The Morgan fingerprint density at radius 1 is 1.38 bits per heavy atom. The number of imide groups is 1. The van der Waals surface area contributed by atoms with E-state index in [1.54, 1.807) is 13.0 Å². The molecule has 0 heterocycles. The summed E-state index contributed by atoms with van der Waals surface area (Å²) in [5.74, 6) is -0.228. The van der Waals surface area contributed by atoms with Crippen molar-refractivity contribution >= 4 is 22.6 Å². The Hall–Kier alpha value is -0.970. The molecule has 0 aliphatic rings. The first-order valence-electron chi connectivity index (χ1n) is 5.28. The van der Waals surface area contributed by atoms with Crippen LogP contribution in [-0.2, 0) is 20.4 Å². The largest absolute Gasteiger partial charge is 0.285 e. The van der Waals surface area contributed by atoms with E-state index in [9.17, 15) is 13.8 Å². The van der Waals surface area contributed by atoms with Gasteiger partial charge in [-0.05, 0) is 12.8 Å². The first-order valence-corrected chi connectivity index (χ1v) is 6.77. The van der Waals surface area contributed by atoms with Crippen molar-refractivity contribution in [3.8, 4) is 0 Å². The number of carbonyl (C=O) groups is 2. The third-order valence-corrected chi connectivity index (χ3v) is 3.37. The molecule has 2 amide bonds. The molecule has 92 valence electrons. The van der Waals surface area contributed by atoms with Crippen molar-refractivity contribution in [2.45, 2.75) is 26.2 Å². The van der Waals surface area contributed by atoms with Gasteiger partial charge >= 0.3 is 0 Å². The molecule has 0 radical (unpaired) electrons. The van der Waals surface area contributed by atoms with Crippen molar-refractivity contribution in [3.63, 3.8) is 0 Å². The molecule has 0 aliphatic carbocycles. The molecule has 1 atom stereocenters. The number of unbranched alkanes of at least 4 members (excludes halogenated alkanes) is 1. The number of carbonyl (C=O) groups excluding carboxylic acids is 2. The van der Waals surface area contributed by atoms with Crippen LogP contribution < -0.4 is 0 Å². The van der Waals surface area contributed by atoms with E-state index >= 15 is 0 Å². The zero-order valence-corrected chi connectivity index (χ0v) is 10.7. The van der Waals surface area contributed by atoms with Gasteiger partial charge in [-0.15, -0.1) is 6.58 Å².